The van der Waals surface area contributed by atoms with Gasteiger partial charge in [-0.3, -0.25) is 9.69 Å². The third-order valence-electron chi connectivity index (χ3n) is 6.22. The Balaban J connectivity index is 0.00000154. The number of hydrogen-bond acceptors (Lipinski definition) is 6. The number of amides is 1. The van der Waals surface area contributed by atoms with Gasteiger partial charge < -0.3 is 20.0 Å². The second kappa shape index (κ2) is 20.5. The lowest BCUT2D eigenvalue weighted by Gasteiger charge is -2.31. The molecule has 0 saturated heterocycles. The number of nitrogens with zero attached hydrogens (tertiary/aromatic N) is 1. The number of carbonyl (C=O) groups excluding carboxylic acids is 2. The van der Waals surface area contributed by atoms with Crippen LogP contribution < -0.4 is 10.1 Å². The molecule has 0 saturated carbocycles. The van der Waals surface area contributed by atoms with Crippen molar-refractivity contribution in [3.8, 4) is 5.75 Å². The Morgan fingerprint density at radius 3 is 2.27 bits per heavy atom. The van der Waals surface area contributed by atoms with E-state index < -0.39 is 6.10 Å². The van der Waals surface area contributed by atoms with Gasteiger partial charge in [-0.1, -0.05) is 71.9 Å². The quantitative estimate of drug-likeness (QED) is 0.111. The predicted octanol–water partition coefficient (Wildman–Crippen LogP) is 6.99. The van der Waals surface area contributed by atoms with E-state index in [-0.39, 0.29) is 11.9 Å². The maximum atomic E-state index is 12.4. The number of thioether (sulfide) groups is 1. The standard InChI is InChI=1S/C29H42N2O4S.C5H12/c1-4-9-29(34)30-27(20-24-11-6-5-7-12-24)28(33)21-31(18-17-23(2)10-8-19-32)22-36-26-15-13-25(35-3)14-16-26;1-5(2,3)4/h5-7,11-16,19,23,27-28,33H,4,8-10,17-18,20-22H2,1-3H3,(H,30,34);1-4H3. The first-order chi connectivity index (χ1) is 19.4. The topological polar surface area (TPSA) is 78.9 Å². The van der Waals surface area contributed by atoms with Gasteiger partial charge >= 0.3 is 0 Å². The lowest BCUT2D eigenvalue weighted by Crippen LogP contribution is -2.49. The third-order valence-corrected chi connectivity index (χ3v) is 7.32. The van der Waals surface area contributed by atoms with Gasteiger partial charge in [0, 0.05) is 30.2 Å². The zero-order valence-electron chi connectivity index (χ0n) is 26.4. The van der Waals surface area contributed by atoms with Gasteiger partial charge in [0.25, 0.3) is 0 Å². The lowest BCUT2D eigenvalue weighted by molar-refractivity contribution is -0.122. The molecular formula is C34H54N2O4S. The van der Waals surface area contributed by atoms with E-state index in [1.807, 2.05) is 61.5 Å². The molecule has 3 atom stereocenters. The molecule has 230 valence electrons. The zero-order chi connectivity index (χ0) is 30.7. The van der Waals surface area contributed by atoms with E-state index in [9.17, 15) is 14.7 Å². The Bertz CT molecular complexity index is 957. The average molecular weight is 587 g/mol. The van der Waals surface area contributed by atoms with Crippen LogP contribution in [-0.4, -0.2) is 60.4 Å². The summed E-state index contributed by atoms with van der Waals surface area (Å²) in [5, 5.41) is 14.4. The van der Waals surface area contributed by atoms with Crippen molar-refractivity contribution in [2.75, 3.05) is 26.1 Å². The molecule has 0 aliphatic heterocycles. The molecule has 0 radical (unpaired) electrons. The summed E-state index contributed by atoms with van der Waals surface area (Å²) < 4.78 is 5.26. The molecule has 0 aliphatic carbocycles. The Labute approximate surface area is 253 Å². The Morgan fingerprint density at radius 1 is 1.07 bits per heavy atom. The van der Waals surface area contributed by atoms with Crippen molar-refractivity contribution in [2.45, 2.75) is 97.1 Å². The van der Waals surface area contributed by atoms with E-state index in [2.05, 4.69) is 44.8 Å². The summed E-state index contributed by atoms with van der Waals surface area (Å²) in [7, 11) is 1.65. The predicted molar refractivity (Wildman–Crippen MR) is 172 cm³/mol. The minimum absolute atomic E-state index is 0.0286. The largest absolute Gasteiger partial charge is 0.497 e. The number of aldehydes is 1. The van der Waals surface area contributed by atoms with E-state index in [1.165, 1.54) is 0 Å². The fraction of sp³-hybridized carbons (Fsp3) is 0.588. The molecule has 2 rings (SSSR count). The SMILES string of the molecule is CC(C)(C)C.CCCC(=O)NC(Cc1ccccc1)C(O)CN(CCC(C)CCC=O)CSc1ccc(OC)cc1. The number of nitrogens with one attached hydrogen (secondary N) is 1. The van der Waals surface area contributed by atoms with Crippen LogP contribution in [0.5, 0.6) is 5.75 Å². The molecule has 2 aromatic rings. The highest BCUT2D eigenvalue weighted by atomic mass is 32.2. The Hall–Kier alpha value is -2.35. The van der Waals surface area contributed by atoms with Crippen molar-refractivity contribution >= 4 is 24.0 Å². The van der Waals surface area contributed by atoms with Crippen molar-refractivity contribution in [2.24, 2.45) is 11.3 Å². The summed E-state index contributed by atoms with van der Waals surface area (Å²) in [5.74, 6) is 1.93. The number of methoxy groups -OCH3 is 1. The summed E-state index contributed by atoms with van der Waals surface area (Å²) >= 11 is 1.71. The molecule has 7 heteroatoms. The molecule has 0 fully saturated rings. The second-order valence-electron chi connectivity index (χ2n) is 12.3. The summed E-state index contributed by atoms with van der Waals surface area (Å²) in [6.45, 7) is 14.2. The van der Waals surface area contributed by atoms with Crippen LogP contribution in [0.3, 0.4) is 0 Å². The number of benzene rings is 2. The number of ether oxygens (including phenoxy) is 1. The average Bonchev–Trinajstić information content (AvgIpc) is 2.93. The summed E-state index contributed by atoms with van der Waals surface area (Å²) in [6.07, 6.45) is 4.44. The maximum Gasteiger partial charge on any atom is 0.220 e. The van der Waals surface area contributed by atoms with Gasteiger partial charge in [0.1, 0.15) is 12.0 Å². The van der Waals surface area contributed by atoms with Gasteiger partial charge in [-0.05, 0) is 73.4 Å². The van der Waals surface area contributed by atoms with Crippen LogP contribution >= 0.6 is 11.8 Å². The number of hydrogen-bond donors (Lipinski definition) is 2. The minimum Gasteiger partial charge on any atom is -0.497 e. The van der Waals surface area contributed by atoms with Gasteiger partial charge in [0.15, 0.2) is 0 Å². The van der Waals surface area contributed by atoms with Crippen molar-refractivity contribution in [3.05, 3.63) is 60.2 Å². The molecule has 3 unspecified atom stereocenters. The van der Waals surface area contributed by atoms with Gasteiger partial charge in [-0.25, -0.2) is 0 Å². The molecule has 0 aliphatic rings. The van der Waals surface area contributed by atoms with Crippen molar-refractivity contribution in [1.29, 1.82) is 0 Å². The van der Waals surface area contributed by atoms with E-state index in [0.717, 1.165) is 48.3 Å². The molecule has 41 heavy (non-hydrogen) atoms. The second-order valence-corrected chi connectivity index (χ2v) is 13.4. The molecule has 1 amide bonds. The fourth-order valence-electron chi connectivity index (χ4n) is 4.00. The number of carbonyl (C=O) groups is 2. The normalized spacial score (nSPS) is 13.5. The van der Waals surface area contributed by atoms with Gasteiger partial charge in [0.2, 0.25) is 5.91 Å². The van der Waals surface area contributed by atoms with Crippen molar-refractivity contribution < 1.29 is 19.4 Å². The first-order valence-corrected chi connectivity index (χ1v) is 15.9. The first-order valence-electron chi connectivity index (χ1n) is 14.9. The number of aliphatic hydroxyl groups excluding tert-OH is 1. The monoisotopic (exact) mass is 586 g/mol. The molecule has 0 aromatic heterocycles. The fourth-order valence-corrected chi connectivity index (χ4v) is 4.89. The Kier molecular flexibility index (Phi) is 18.4. The Morgan fingerprint density at radius 2 is 1.71 bits per heavy atom. The number of aliphatic hydroxyl groups is 1. The maximum absolute atomic E-state index is 12.4. The van der Waals surface area contributed by atoms with Gasteiger partial charge in [-0.2, -0.15) is 0 Å². The van der Waals surface area contributed by atoms with Crippen LogP contribution in [0.1, 0.15) is 79.2 Å². The van der Waals surface area contributed by atoms with Crippen LogP contribution in [0, 0.1) is 11.3 Å². The van der Waals surface area contributed by atoms with Gasteiger partial charge in [0.05, 0.1) is 19.3 Å². The summed E-state index contributed by atoms with van der Waals surface area (Å²) in [4.78, 5) is 26.6. The van der Waals surface area contributed by atoms with Crippen LogP contribution in [0.25, 0.3) is 0 Å². The smallest absolute Gasteiger partial charge is 0.220 e. The van der Waals surface area contributed by atoms with Crippen LogP contribution in [0.15, 0.2) is 59.5 Å². The number of rotatable bonds is 18. The van der Waals surface area contributed by atoms with E-state index >= 15 is 0 Å². The molecule has 2 N–H and O–H groups in total. The van der Waals surface area contributed by atoms with Crippen molar-refractivity contribution in [3.63, 3.8) is 0 Å². The highest BCUT2D eigenvalue weighted by molar-refractivity contribution is 7.99. The van der Waals surface area contributed by atoms with Crippen LogP contribution in [0.2, 0.25) is 0 Å². The molecule has 0 spiro atoms. The third kappa shape index (κ3) is 18.7. The van der Waals surface area contributed by atoms with Crippen molar-refractivity contribution in [1.82, 2.24) is 10.2 Å². The molecule has 0 bridgehead atoms. The van der Waals surface area contributed by atoms with Crippen LogP contribution in [-0.2, 0) is 16.0 Å². The van der Waals surface area contributed by atoms with E-state index in [4.69, 9.17) is 4.74 Å². The molecule has 6 nitrogen and oxygen atoms in total. The molecular weight excluding hydrogens is 532 g/mol. The highest BCUT2D eigenvalue weighted by Gasteiger charge is 2.24. The lowest BCUT2D eigenvalue weighted by atomic mass is 9.99. The summed E-state index contributed by atoms with van der Waals surface area (Å²) in [5.41, 5.74) is 1.58. The minimum atomic E-state index is -0.715. The summed E-state index contributed by atoms with van der Waals surface area (Å²) in [6, 6.07) is 17.6. The first kappa shape index (κ1) is 36.7. The van der Waals surface area contributed by atoms with E-state index in [0.29, 0.717) is 43.0 Å². The molecule has 0 heterocycles. The highest BCUT2D eigenvalue weighted by Crippen LogP contribution is 2.23. The molecule has 2 aromatic carbocycles. The van der Waals surface area contributed by atoms with E-state index in [1.54, 1.807) is 18.9 Å². The van der Waals surface area contributed by atoms with Crippen LogP contribution in [0.4, 0.5) is 0 Å². The van der Waals surface area contributed by atoms with Gasteiger partial charge in [-0.15, -0.1) is 11.8 Å². The zero-order valence-corrected chi connectivity index (χ0v) is 27.2.